The van der Waals surface area contributed by atoms with Crippen molar-refractivity contribution >= 4 is 17.7 Å². The summed E-state index contributed by atoms with van der Waals surface area (Å²) in [6.07, 6.45) is 2.48. The smallest absolute Gasteiger partial charge is 0.322 e. The summed E-state index contributed by atoms with van der Waals surface area (Å²) in [6, 6.07) is 5.56. The Hall–Kier alpha value is -2.04. The Morgan fingerprint density at radius 3 is 2.86 bits per heavy atom. The second kappa shape index (κ2) is 6.61. The van der Waals surface area contributed by atoms with Gasteiger partial charge in [0.1, 0.15) is 0 Å². The molecule has 0 bridgehead atoms. The number of carboxylic acid groups (broad SMARTS) is 1. The topological polar surface area (TPSA) is 69.6 Å². The fraction of sp³-hybridized carbons (Fsp3) is 0.500. The van der Waals surface area contributed by atoms with Gasteiger partial charge in [-0.1, -0.05) is 25.1 Å². The predicted molar refractivity (Wildman–Crippen MR) is 81.6 cm³/mol. The number of anilines is 1. The largest absolute Gasteiger partial charge is 0.481 e. The summed E-state index contributed by atoms with van der Waals surface area (Å²) in [7, 11) is 0. The fourth-order valence-electron chi connectivity index (χ4n) is 2.90. The minimum atomic E-state index is -0.857. The number of carboxylic acids is 1. The molecule has 1 unspecified atom stereocenters. The summed E-state index contributed by atoms with van der Waals surface area (Å²) in [5.41, 5.74) is 2.97. The van der Waals surface area contributed by atoms with Gasteiger partial charge in [-0.2, -0.15) is 0 Å². The first kappa shape index (κ1) is 15.4. The number of hydrogen-bond donors (Lipinski definition) is 2. The zero-order valence-electron chi connectivity index (χ0n) is 12.6. The van der Waals surface area contributed by atoms with Crippen molar-refractivity contribution in [1.82, 2.24) is 4.90 Å². The van der Waals surface area contributed by atoms with Crippen LogP contribution in [0.3, 0.4) is 0 Å². The first-order valence-corrected chi connectivity index (χ1v) is 7.40. The van der Waals surface area contributed by atoms with Crippen molar-refractivity contribution in [2.75, 3.05) is 11.9 Å². The highest BCUT2D eigenvalue weighted by molar-refractivity contribution is 5.91. The van der Waals surface area contributed by atoms with Gasteiger partial charge < -0.3 is 15.3 Å². The van der Waals surface area contributed by atoms with Crippen LogP contribution in [0.2, 0.25) is 0 Å². The monoisotopic (exact) mass is 290 g/mol. The van der Waals surface area contributed by atoms with Crippen LogP contribution in [0.1, 0.15) is 37.3 Å². The Bertz CT molecular complexity index is 542. The summed E-state index contributed by atoms with van der Waals surface area (Å²) in [5, 5.41) is 11.9. The van der Waals surface area contributed by atoms with Crippen LogP contribution < -0.4 is 5.32 Å². The SMILES string of the molecule is CCc1cccc(C)c1NC(=O)N1CCCC1CC(=O)O. The number of nitrogens with zero attached hydrogens (tertiary/aromatic N) is 1. The maximum absolute atomic E-state index is 12.4. The molecule has 0 aromatic heterocycles. The van der Waals surface area contributed by atoms with Gasteiger partial charge >= 0.3 is 12.0 Å². The van der Waals surface area contributed by atoms with Gasteiger partial charge in [0.25, 0.3) is 0 Å². The van der Waals surface area contributed by atoms with Gasteiger partial charge in [-0.05, 0) is 37.3 Å². The first-order chi connectivity index (χ1) is 10.0. The van der Waals surface area contributed by atoms with Crippen molar-refractivity contribution in [3.8, 4) is 0 Å². The van der Waals surface area contributed by atoms with Crippen LogP contribution in [0.5, 0.6) is 0 Å². The second-order valence-corrected chi connectivity index (χ2v) is 5.48. The van der Waals surface area contributed by atoms with Gasteiger partial charge in [0.2, 0.25) is 0 Å². The Balaban J connectivity index is 2.12. The molecule has 1 aromatic carbocycles. The summed E-state index contributed by atoms with van der Waals surface area (Å²) in [6.45, 7) is 4.64. The Morgan fingerprint density at radius 1 is 1.43 bits per heavy atom. The molecule has 0 radical (unpaired) electrons. The van der Waals surface area contributed by atoms with Crippen LogP contribution in [0.15, 0.2) is 18.2 Å². The van der Waals surface area contributed by atoms with Crippen molar-refractivity contribution in [2.45, 2.75) is 45.6 Å². The molecule has 1 aliphatic rings. The zero-order chi connectivity index (χ0) is 15.4. The maximum Gasteiger partial charge on any atom is 0.322 e. The van der Waals surface area contributed by atoms with Gasteiger partial charge in [0, 0.05) is 18.3 Å². The molecule has 5 heteroatoms. The maximum atomic E-state index is 12.4. The molecule has 1 fully saturated rings. The van der Waals surface area contributed by atoms with E-state index in [1.807, 2.05) is 32.0 Å². The van der Waals surface area contributed by atoms with E-state index in [9.17, 15) is 9.59 Å². The number of nitrogens with one attached hydrogen (secondary N) is 1. The lowest BCUT2D eigenvalue weighted by atomic mass is 10.1. The number of aryl methyl sites for hydroxylation is 2. The standard InChI is InChI=1S/C16H22N2O3/c1-3-12-7-4-6-11(2)15(12)17-16(21)18-9-5-8-13(18)10-14(19)20/h4,6-7,13H,3,5,8-10H2,1-2H3,(H,17,21)(H,19,20). The fourth-order valence-corrected chi connectivity index (χ4v) is 2.90. The summed E-state index contributed by atoms with van der Waals surface area (Å²) >= 11 is 0. The van der Waals surface area contributed by atoms with Crippen LogP contribution in [0, 0.1) is 6.92 Å². The lowest BCUT2D eigenvalue weighted by Crippen LogP contribution is -2.40. The van der Waals surface area contributed by atoms with Crippen molar-refractivity contribution in [3.05, 3.63) is 29.3 Å². The highest BCUT2D eigenvalue weighted by Gasteiger charge is 2.30. The number of benzene rings is 1. The molecular weight excluding hydrogens is 268 g/mol. The van der Waals surface area contributed by atoms with Crippen molar-refractivity contribution < 1.29 is 14.7 Å². The molecule has 21 heavy (non-hydrogen) atoms. The Labute approximate surface area is 125 Å². The highest BCUT2D eigenvalue weighted by atomic mass is 16.4. The summed E-state index contributed by atoms with van der Waals surface area (Å²) < 4.78 is 0. The van der Waals surface area contributed by atoms with E-state index in [1.54, 1.807) is 4.90 Å². The van der Waals surface area contributed by atoms with E-state index < -0.39 is 5.97 Å². The number of amides is 2. The molecule has 0 saturated carbocycles. The van der Waals surface area contributed by atoms with Gasteiger partial charge in [-0.3, -0.25) is 4.79 Å². The number of rotatable bonds is 4. The second-order valence-electron chi connectivity index (χ2n) is 5.48. The molecule has 0 aliphatic carbocycles. The van der Waals surface area contributed by atoms with Crippen LogP contribution in [-0.4, -0.2) is 34.6 Å². The van der Waals surface area contributed by atoms with Crippen LogP contribution >= 0.6 is 0 Å². The van der Waals surface area contributed by atoms with Crippen molar-refractivity contribution in [1.29, 1.82) is 0 Å². The number of carbonyl (C=O) groups excluding carboxylic acids is 1. The molecule has 2 amide bonds. The number of likely N-dealkylation sites (tertiary alicyclic amines) is 1. The molecule has 0 spiro atoms. The predicted octanol–water partition coefficient (Wildman–Crippen LogP) is 3.03. The van der Waals surface area contributed by atoms with Crippen LogP contribution in [-0.2, 0) is 11.2 Å². The zero-order valence-corrected chi connectivity index (χ0v) is 12.6. The molecule has 2 rings (SSSR count). The van der Waals surface area contributed by atoms with Gasteiger partial charge in [0.05, 0.1) is 6.42 Å². The van der Waals surface area contributed by atoms with E-state index in [0.29, 0.717) is 6.54 Å². The van der Waals surface area contributed by atoms with Crippen LogP contribution in [0.25, 0.3) is 0 Å². The lowest BCUT2D eigenvalue weighted by molar-refractivity contribution is -0.137. The Kier molecular flexibility index (Phi) is 4.83. The molecular formula is C16H22N2O3. The first-order valence-electron chi connectivity index (χ1n) is 7.40. The minimum absolute atomic E-state index is 0.0157. The number of aliphatic carboxylic acids is 1. The molecule has 1 aliphatic heterocycles. The van der Waals surface area contributed by atoms with E-state index in [-0.39, 0.29) is 18.5 Å². The van der Waals surface area contributed by atoms with Crippen molar-refractivity contribution in [2.24, 2.45) is 0 Å². The molecule has 1 heterocycles. The molecule has 1 aromatic rings. The molecule has 1 saturated heterocycles. The third-order valence-corrected chi connectivity index (χ3v) is 4.02. The number of para-hydroxylation sites is 1. The quantitative estimate of drug-likeness (QED) is 0.895. The van der Waals surface area contributed by atoms with Gasteiger partial charge in [-0.15, -0.1) is 0 Å². The van der Waals surface area contributed by atoms with E-state index in [0.717, 1.165) is 36.1 Å². The highest BCUT2D eigenvalue weighted by Crippen LogP contribution is 2.25. The van der Waals surface area contributed by atoms with E-state index in [2.05, 4.69) is 5.32 Å². The molecule has 1 atom stereocenters. The summed E-state index contributed by atoms with van der Waals surface area (Å²) in [5.74, 6) is -0.857. The van der Waals surface area contributed by atoms with E-state index >= 15 is 0 Å². The molecule has 2 N–H and O–H groups in total. The normalized spacial score (nSPS) is 17.8. The van der Waals surface area contributed by atoms with Gasteiger partial charge in [-0.25, -0.2) is 4.79 Å². The van der Waals surface area contributed by atoms with Crippen LogP contribution in [0.4, 0.5) is 10.5 Å². The number of urea groups is 1. The summed E-state index contributed by atoms with van der Waals surface area (Å²) in [4.78, 5) is 25.0. The minimum Gasteiger partial charge on any atom is -0.481 e. The molecule has 5 nitrogen and oxygen atoms in total. The van der Waals surface area contributed by atoms with E-state index in [4.69, 9.17) is 5.11 Å². The third kappa shape index (κ3) is 3.54. The number of hydrogen-bond acceptors (Lipinski definition) is 2. The van der Waals surface area contributed by atoms with E-state index in [1.165, 1.54) is 0 Å². The third-order valence-electron chi connectivity index (χ3n) is 4.02. The average molecular weight is 290 g/mol. The lowest BCUT2D eigenvalue weighted by Gasteiger charge is -2.25. The Morgan fingerprint density at radius 2 is 2.19 bits per heavy atom. The number of carbonyl (C=O) groups is 2. The average Bonchev–Trinajstić information content (AvgIpc) is 2.88. The van der Waals surface area contributed by atoms with Crippen molar-refractivity contribution in [3.63, 3.8) is 0 Å². The molecule has 114 valence electrons. The van der Waals surface area contributed by atoms with Gasteiger partial charge in [0.15, 0.2) is 0 Å².